The molecule has 0 fully saturated rings. The van der Waals surface area contributed by atoms with Crippen LogP contribution in [-0.2, 0) is 11.3 Å². The van der Waals surface area contributed by atoms with Gasteiger partial charge in [-0.05, 0) is 43.2 Å². The fourth-order valence-electron chi connectivity index (χ4n) is 3.90. The topological polar surface area (TPSA) is 88.4 Å². The highest BCUT2D eigenvalue weighted by Crippen LogP contribution is 2.30. The zero-order valence-electron chi connectivity index (χ0n) is 18.4. The summed E-state index contributed by atoms with van der Waals surface area (Å²) in [6.07, 6.45) is 5.97. The Morgan fingerprint density at radius 3 is 2.50 bits per heavy atom. The average molecular weight is 496 g/mol. The summed E-state index contributed by atoms with van der Waals surface area (Å²) in [5, 5.41) is 0.558. The van der Waals surface area contributed by atoms with Crippen LogP contribution in [0.25, 0.3) is 10.2 Å². The quantitative estimate of drug-likeness (QED) is 0.362. The molecule has 34 heavy (non-hydrogen) atoms. The predicted octanol–water partition coefficient (Wildman–Crippen LogP) is 3.94. The third-order valence-corrected chi connectivity index (χ3v) is 6.63. The Hall–Kier alpha value is -3.56. The van der Waals surface area contributed by atoms with Crippen LogP contribution >= 0.6 is 23.7 Å². The van der Waals surface area contributed by atoms with Crippen LogP contribution in [0.1, 0.15) is 32.7 Å². The van der Waals surface area contributed by atoms with Gasteiger partial charge >= 0.3 is 0 Å². The molecule has 5 rings (SSSR count). The Labute approximate surface area is 206 Å². The molecule has 3 amide bonds. The fourth-order valence-corrected chi connectivity index (χ4v) is 5.00. The highest BCUT2D eigenvalue weighted by molar-refractivity contribution is 7.22. The van der Waals surface area contributed by atoms with Crippen molar-refractivity contribution in [3.63, 3.8) is 0 Å². The minimum Gasteiger partial charge on any atom is -0.337 e. The molecular weight excluding hydrogens is 474 g/mol. The Morgan fingerprint density at radius 2 is 1.82 bits per heavy atom. The molecule has 0 spiro atoms. The van der Waals surface area contributed by atoms with Crippen molar-refractivity contribution in [2.45, 2.75) is 19.9 Å². The van der Waals surface area contributed by atoms with Crippen molar-refractivity contribution in [2.75, 3.05) is 18.0 Å². The van der Waals surface area contributed by atoms with Crippen LogP contribution in [0, 0.1) is 6.92 Å². The number of carbonyl (C=O) groups is 3. The first-order chi connectivity index (χ1) is 16.0. The number of aromatic nitrogens is 3. The molecule has 4 aromatic rings. The van der Waals surface area contributed by atoms with Gasteiger partial charge in [-0.25, -0.2) is 9.97 Å². The number of hydrogen-bond donors (Lipinski definition) is 0. The number of benzene rings is 2. The van der Waals surface area contributed by atoms with Crippen molar-refractivity contribution >= 4 is 56.8 Å². The number of hydrogen-bond acceptors (Lipinski definition) is 6. The lowest BCUT2D eigenvalue weighted by molar-refractivity contribution is -0.119. The molecule has 174 valence electrons. The summed E-state index contributed by atoms with van der Waals surface area (Å²) in [5.41, 5.74) is 2.59. The van der Waals surface area contributed by atoms with Gasteiger partial charge in [-0.2, -0.15) is 0 Å². The van der Waals surface area contributed by atoms with Crippen molar-refractivity contribution in [1.29, 1.82) is 0 Å². The molecule has 10 heteroatoms. The maximum Gasteiger partial charge on any atom is 0.262 e. The zero-order chi connectivity index (χ0) is 22.9. The molecule has 1 aliphatic heterocycles. The van der Waals surface area contributed by atoms with Gasteiger partial charge in [-0.1, -0.05) is 29.5 Å². The molecule has 8 nitrogen and oxygen atoms in total. The second-order valence-corrected chi connectivity index (χ2v) is 8.92. The van der Waals surface area contributed by atoms with Gasteiger partial charge in [-0.15, -0.1) is 12.4 Å². The van der Waals surface area contributed by atoms with Crippen molar-refractivity contribution in [1.82, 2.24) is 19.4 Å². The van der Waals surface area contributed by atoms with Crippen LogP contribution in [0.2, 0.25) is 0 Å². The SMILES string of the molecule is Cc1ccc2nc(N(CCCn3ccnc3)C(=O)CN3C(=O)c4ccccc4C3=O)sc2c1.Cl. The third kappa shape index (κ3) is 4.44. The molecule has 0 unspecified atom stereocenters. The molecule has 2 aromatic heterocycles. The van der Waals surface area contributed by atoms with Gasteiger partial charge in [0.1, 0.15) is 6.54 Å². The van der Waals surface area contributed by atoms with E-state index in [9.17, 15) is 14.4 Å². The van der Waals surface area contributed by atoms with E-state index in [1.165, 1.54) is 11.3 Å². The van der Waals surface area contributed by atoms with Crippen molar-refractivity contribution in [2.24, 2.45) is 0 Å². The number of aryl methyl sites for hydroxylation is 2. The first-order valence-corrected chi connectivity index (χ1v) is 11.4. The van der Waals surface area contributed by atoms with Gasteiger partial charge in [-0.3, -0.25) is 24.2 Å². The van der Waals surface area contributed by atoms with Crippen LogP contribution < -0.4 is 4.90 Å². The predicted molar refractivity (Wildman–Crippen MR) is 133 cm³/mol. The van der Waals surface area contributed by atoms with E-state index in [0.717, 1.165) is 20.7 Å². The number of anilines is 1. The van der Waals surface area contributed by atoms with Crippen molar-refractivity contribution in [3.05, 3.63) is 77.9 Å². The summed E-state index contributed by atoms with van der Waals surface area (Å²) in [5.74, 6) is -1.23. The number of amides is 3. The van der Waals surface area contributed by atoms with Gasteiger partial charge in [0.15, 0.2) is 5.13 Å². The molecule has 0 aliphatic carbocycles. The normalized spacial score (nSPS) is 12.7. The molecule has 0 saturated carbocycles. The van der Waals surface area contributed by atoms with Crippen LogP contribution in [0.3, 0.4) is 0 Å². The van der Waals surface area contributed by atoms with Gasteiger partial charge in [0, 0.05) is 25.5 Å². The number of fused-ring (bicyclic) bond motifs is 2. The van der Waals surface area contributed by atoms with Crippen LogP contribution in [0.5, 0.6) is 0 Å². The summed E-state index contributed by atoms with van der Waals surface area (Å²) in [7, 11) is 0. The molecule has 0 radical (unpaired) electrons. The number of halogens is 1. The third-order valence-electron chi connectivity index (χ3n) is 5.59. The zero-order valence-corrected chi connectivity index (χ0v) is 20.0. The van der Waals surface area contributed by atoms with E-state index in [-0.39, 0.29) is 24.9 Å². The monoisotopic (exact) mass is 495 g/mol. The number of thiazole rings is 1. The van der Waals surface area contributed by atoms with Crippen LogP contribution in [-0.4, -0.2) is 50.2 Å². The Balaban J connectivity index is 0.00000274. The van der Waals surface area contributed by atoms with Crippen molar-refractivity contribution in [3.8, 4) is 0 Å². The average Bonchev–Trinajstić information content (AvgIpc) is 3.53. The first-order valence-electron chi connectivity index (χ1n) is 10.6. The van der Waals surface area contributed by atoms with Gasteiger partial charge in [0.05, 0.1) is 27.7 Å². The number of nitrogens with zero attached hydrogens (tertiary/aromatic N) is 5. The van der Waals surface area contributed by atoms with Gasteiger partial charge in [0.2, 0.25) is 5.91 Å². The lowest BCUT2D eigenvalue weighted by Gasteiger charge is -2.22. The highest BCUT2D eigenvalue weighted by atomic mass is 35.5. The van der Waals surface area contributed by atoms with Gasteiger partial charge < -0.3 is 4.57 Å². The van der Waals surface area contributed by atoms with Crippen LogP contribution in [0.15, 0.2) is 61.2 Å². The molecule has 3 heterocycles. The Morgan fingerprint density at radius 1 is 1.09 bits per heavy atom. The first kappa shape index (κ1) is 23.6. The van der Waals surface area contributed by atoms with Crippen molar-refractivity contribution < 1.29 is 14.4 Å². The lowest BCUT2D eigenvalue weighted by atomic mass is 10.1. The van der Waals surface area contributed by atoms with E-state index < -0.39 is 11.8 Å². The summed E-state index contributed by atoms with van der Waals surface area (Å²) in [4.78, 5) is 50.2. The van der Waals surface area contributed by atoms with E-state index in [1.807, 2.05) is 35.9 Å². The molecule has 1 aliphatic rings. The standard InChI is InChI=1S/C24H21N5O3S.ClH/c1-16-7-8-19-20(13-16)33-24(26-19)28(11-4-10-27-12-9-25-15-27)21(30)14-29-22(31)17-5-2-3-6-18(17)23(29)32;/h2-3,5-9,12-13,15H,4,10-11,14H2,1H3;1H. The van der Waals surface area contributed by atoms with E-state index >= 15 is 0 Å². The van der Waals surface area contributed by atoms with E-state index in [0.29, 0.717) is 35.8 Å². The number of imidazole rings is 1. The summed E-state index contributed by atoms with van der Waals surface area (Å²) < 4.78 is 2.92. The van der Waals surface area contributed by atoms with E-state index in [1.54, 1.807) is 41.7 Å². The molecule has 0 bridgehead atoms. The molecule has 0 saturated heterocycles. The number of imide groups is 1. The van der Waals surface area contributed by atoms with E-state index in [4.69, 9.17) is 0 Å². The largest absolute Gasteiger partial charge is 0.337 e. The number of rotatable bonds is 7. The highest BCUT2D eigenvalue weighted by Gasteiger charge is 2.37. The number of carbonyl (C=O) groups excluding carboxylic acids is 3. The second kappa shape index (κ2) is 9.74. The molecule has 0 atom stereocenters. The summed E-state index contributed by atoms with van der Waals surface area (Å²) in [6.45, 7) is 2.77. The molecule has 2 aromatic carbocycles. The minimum atomic E-state index is -0.442. The second-order valence-electron chi connectivity index (χ2n) is 7.91. The Kier molecular flexibility index (Phi) is 6.76. The van der Waals surface area contributed by atoms with Crippen LogP contribution in [0.4, 0.5) is 5.13 Å². The van der Waals surface area contributed by atoms with Gasteiger partial charge in [0.25, 0.3) is 11.8 Å². The summed E-state index contributed by atoms with van der Waals surface area (Å²) >= 11 is 1.43. The molecular formula is C24H22ClN5O3S. The minimum absolute atomic E-state index is 0. The fraction of sp³-hybridized carbons (Fsp3) is 0.208. The lowest BCUT2D eigenvalue weighted by Crippen LogP contribution is -2.43. The summed E-state index contributed by atoms with van der Waals surface area (Å²) in [6, 6.07) is 12.6. The van der Waals surface area contributed by atoms with E-state index in [2.05, 4.69) is 9.97 Å². The smallest absolute Gasteiger partial charge is 0.262 e. The maximum absolute atomic E-state index is 13.4. The molecule has 0 N–H and O–H groups in total. The maximum atomic E-state index is 13.4. The Bertz CT molecular complexity index is 1330.